The number of nitrogens with zero attached hydrogens (tertiary/aromatic N) is 4. The molecule has 0 saturated carbocycles. The van der Waals surface area contributed by atoms with Crippen LogP contribution in [-0.4, -0.2) is 48.8 Å². The van der Waals surface area contributed by atoms with E-state index in [1.54, 1.807) is 13.8 Å². The fraction of sp³-hybridized carbons (Fsp3) is 0.615. The first-order chi connectivity index (χ1) is 12.6. The van der Waals surface area contributed by atoms with E-state index >= 15 is 0 Å². The Hall–Kier alpha value is -1.20. The van der Waals surface area contributed by atoms with Gasteiger partial charge in [-0.05, 0) is 13.8 Å². The van der Waals surface area contributed by atoms with Gasteiger partial charge in [-0.15, -0.1) is 0 Å². The van der Waals surface area contributed by atoms with E-state index in [1.165, 1.54) is 10.9 Å². The number of hydrogen-bond donors (Lipinski definition) is 2. The van der Waals surface area contributed by atoms with Gasteiger partial charge in [0.1, 0.15) is 17.7 Å². The van der Waals surface area contributed by atoms with Gasteiger partial charge in [0.15, 0.2) is 22.0 Å². The van der Waals surface area contributed by atoms with Crippen LogP contribution < -0.4 is 11.5 Å². The number of alkyl halides is 2. The molecule has 0 bridgehead atoms. The van der Waals surface area contributed by atoms with Crippen molar-refractivity contribution < 1.29 is 22.9 Å². The number of nitrogens with two attached hydrogens (primary N) is 2. The Morgan fingerprint density at radius 2 is 2.15 bits per heavy atom. The summed E-state index contributed by atoms with van der Waals surface area (Å²) in [5.41, 5.74) is 12.1. The maximum absolute atomic E-state index is 12.7. The number of nitrogen functional groups attached to an aromatic ring is 2. The van der Waals surface area contributed by atoms with Crippen molar-refractivity contribution in [2.75, 3.05) is 18.1 Å². The number of anilines is 2. The highest BCUT2D eigenvalue weighted by Crippen LogP contribution is 2.61. The van der Waals surface area contributed by atoms with Gasteiger partial charge in [-0.25, -0.2) is 9.55 Å². The van der Waals surface area contributed by atoms with E-state index in [-0.39, 0.29) is 30.1 Å². The highest BCUT2D eigenvalue weighted by atomic mass is 35.5. The summed E-state index contributed by atoms with van der Waals surface area (Å²) in [4.78, 5) is 12.2. The molecule has 2 aliphatic rings. The number of phosphoric acid groups is 1. The number of fused-ring (bicyclic) bond motifs is 2. The van der Waals surface area contributed by atoms with Gasteiger partial charge in [-0.1, -0.05) is 23.2 Å². The van der Waals surface area contributed by atoms with Gasteiger partial charge < -0.3 is 16.2 Å². The Morgan fingerprint density at radius 3 is 2.85 bits per heavy atom. The fourth-order valence-corrected chi connectivity index (χ4v) is 5.41. The second kappa shape index (κ2) is 6.41. The van der Waals surface area contributed by atoms with Crippen LogP contribution in [0.5, 0.6) is 0 Å². The smallest absolute Gasteiger partial charge is 0.382 e. The van der Waals surface area contributed by atoms with Crippen molar-refractivity contribution in [3.8, 4) is 0 Å². The molecule has 0 spiro atoms. The fourth-order valence-electron chi connectivity index (χ4n) is 3.01. The molecule has 148 valence electrons. The molecule has 4 N–H and O–H groups in total. The van der Waals surface area contributed by atoms with E-state index in [1.807, 2.05) is 0 Å². The van der Waals surface area contributed by atoms with Gasteiger partial charge in [-0.3, -0.25) is 18.1 Å². The Morgan fingerprint density at radius 1 is 1.41 bits per heavy atom. The molecule has 0 radical (unpaired) electrons. The Kier molecular flexibility index (Phi) is 4.54. The average Bonchev–Trinajstić information content (AvgIpc) is 3.05. The van der Waals surface area contributed by atoms with Crippen LogP contribution in [0.4, 0.5) is 11.8 Å². The minimum absolute atomic E-state index is 0.0404. The molecule has 4 rings (SSSR count). The molecule has 2 aromatic rings. The van der Waals surface area contributed by atoms with Gasteiger partial charge >= 0.3 is 7.82 Å². The summed E-state index contributed by atoms with van der Waals surface area (Å²) in [6.07, 6.45) is -1.62. The molecule has 11 nitrogen and oxygen atoms in total. The monoisotopic (exact) mass is 438 g/mol. The number of phosphoric ester groups is 1. The Labute approximate surface area is 163 Å². The summed E-state index contributed by atoms with van der Waals surface area (Å²) in [7, 11) is -3.83. The second-order valence-corrected chi connectivity index (χ2v) is 9.43. The summed E-state index contributed by atoms with van der Waals surface area (Å²) in [6, 6.07) is 0. The molecule has 2 aliphatic heterocycles. The molecular weight excluding hydrogens is 422 g/mol. The van der Waals surface area contributed by atoms with Gasteiger partial charge in [-0.2, -0.15) is 9.97 Å². The zero-order valence-electron chi connectivity index (χ0n) is 14.3. The van der Waals surface area contributed by atoms with Crippen molar-refractivity contribution in [3.05, 3.63) is 6.33 Å². The van der Waals surface area contributed by atoms with Crippen LogP contribution in [-0.2, 0) is 22.9 Å². The third-order valence-electron chi connectivity index (χ3n) is 4.05. The Balaban J connectivity index is 1.70. The number of ether oxygens (including phenoxy) is 1. The normalized spacial score (nSPS) is 32.9. The molecule has 2 fully saturated rings. The predicted octanol–water partition coefficient (Wildman–Crippen LogP) is 2.01. The van der Waals surface area contributed by atoms with Crippen molar-refractivity contribution in [2.24, 2.45) is 0 Å². The largest absolute Gasteiger partial charge is 0.475 e. The summed E-state index contributed by atoms with van der Waals surface area (Å²) in [5, 5.41) is 0. The van der Waals surface area contributed by atoms with Gasteiger partial charge in [0.2, 0.25) is 5.95 Å². The second-order valence-electron chi connectivity index (χ2n) is 6.42. The highest BCUT2D eigenvalue weighted by Gasteiger charge is 2.62. The minimum atomic E-state index is -3.83. The lowest BCUT2D eigenvalue weighted by atomic mass is 10.2. The first-order valence-corrected chi connectivity index (χ1v) is 10.2. The lowest BCUT2D eigenvalue weighted by Gasteiger charge is -2.33. The molecule has 0 aromatic carbocycles. The van der Waals surface area contributed by atoms with Crippen LogP contribution in [0.15, 0.2) is 6.33 Å². The molecule has 27 heavy (non-hydrogen) atoms. The van der Waals surface area contributed by atoms with E-state index in [2.05, 4.69) is 15.0 Å². The number of rotatable bonds is 3. The van der Waals surface area contributed by atoms with Crippen LogP contribution in [0.25, 0.3) is 11.2 Å². The van der Waals surface area contributed by atoms with E-state index in [4.69, 9.17) is 53.0 Å². The molecule has 2 aromatic heterocycles. The van der Waals surface area contributed by atoms with Crippen LogP contribution >= 0.6 is 31.0 Å². The third kappa shape index (κ3) is 3.17. The SMILES string of the molecule is CC(C)O[P@@]1(=O)OC[C@H]2O[C@@H](n3cnc4c(N)nc(N)nc43)C(Cl)(Cl)[C@@H]2O1. The van der Waals surface area contributed by atoms with Gasteiger partial charge in [0.05, 0.1) is 19.0 Å². The van der Waals surface area contributed by atoms with Crippen LogP contribution in [0, 0.1) is 0 Å². The maximum atomic E-state index is 12.7. The zero-order chi connectivity index (χ0) is 19.6. The maximum Gasteiger partial charge on any atom is 0.475 e. The number of hydrogen-bond acceptors (Lipinski definition) is 10. The highest BCUT2D eigenvalue weighted by molar-refractivity contribution is 7.48. The van der Waals surface area contributed by atoms with Crippen molar-refractivity contribution in [1.82, 2.24) is 19.5 Å². The lowest BCUT2D eigenvalue weighted by Crippen LogP contribution is -2.42. The topological polar surface area (TPSA) is 150 Å². The number of imidazole rings is 1. The number of aromatic nitrogens is 4. The molecule has 4 atom stereocenters. The first-order valence-electron chi connectivity index (χ1n) is 8.01. The minimum Gasteiger partial charge on any atom is -0.382 e. The third-order valence-corrected chi connectivity index (χ3v) is 6.48. The van der Waals surface area contributed by atoms with Crippen molar-refractivity contribution >= 4 is 54.0 Å². The molecule has 0 aliphatic carbocycles. The van der Waals surface area contributed by atoms with E-state index in [9.17, 15) is 4.57 Å². The van der Waals surface area contributed by atoms with Crippen LogP contribution in [0.3, 0.4) is 0 Å². The van der Waals surface area contributed by atoms with Crippen LogP contribution in [0.2, 0.25) is 0 Å². The summed E-state index contributed by atoms with van der Waals surface area (Å²) < 4.78 is 34.4. The van der Waals surface area contributed by atoms with Gasteiger partial charge in [0, 0.05) is 0 Å². The predicted molar refractivity (Wildman–Crippen MR) is 97.1 cm³/mol. The van der Waals surface area contributed by atoms with Gasteiger partial charge in [0.25, 0.3) is 0 Å². The van der Waals surface area contributed by atoms with E-state index < -0.39 is 30.6 Å². The molecule has 14 heteroatoms. The first kappa shape index (κ1) is 19.1. The van der Waals surface area contributed by atoms with E-state index in [0.717, 1.165) is 0 Å². The molecule has 0 unspecified atom stereocenters. The molecule has 4 heterocycles. The molecule has 0 amide bonds. The van der Waals surface area contributed by atoms with Crippen molar-refractivity contribution in [3.63, 3.8) is 0 Å². The van der Waals surface area contributed by atoms with Crippen LogP contribution in [0.1, 0.15) is 20.1 Å². The summed E-state index contributed by atoms with van der Waals surface area (Å²) in [5.74, 6) is 0.0668. The lowest BCUT2D eigenvalue weighted by molar-refractivity contribution is -0.0733. The molecular formula is C13H17Cl2N6O5P. The Bertz CT molecular complexity index is 939. The average molecular weight is 439 g/mol. The summed E-state index contributed by atoms with van der Waals surface area (Å²) >= 11 is 13.1. The summed E-state index contributed by atoms with van der Waals surface area (Å²) in [6.45, 7) is 3.33. The molecule has 2 saturated heterocycles. The standard InChI is InChI=1S/C13H17Cl2N6O5P/c1-5(2)25-27(22)23-3-6-8(26-27)13(14,15)11(24-6)21-4-18-7-9(16)19-12(17)20-10(7)21/h4-6,8,11H,3H2,1-2H3,(H4,16,17,19,20)/t6-,8-,11-,27-/m1/s1. The quantitative estimate of drug-likeness (QED) is 0.537. The van der Waals surface area contributed by atoms with Crippen molar-refractivity contribution in [2.45, 2.75) is 42.7 Å². The van der Waals surface area contributed by atoms with Crippen molar-refractivity contribution in [1.29, 1.82) is 0 Å². The number of halogens is 2. The zero-order valence-corrected chi connectivity index (χ0v) is 16.7. The van der Waals surface area contributed by atoms with E-state index in [0.29, 0.717) is 5.52 Å².